The van der Waals surface area contributed by atoms with Crippen LogP contribution in [-0.2, 0) is 6.54 Å². The van der Waals surface area contributed by atoms with Gasteiger partial charge in [-0.15, -0.1) is 0 Å². The first kappa shape index (κ1) is 15.0. The van der Waals surface area contributed by atoms with E-state index in [1.165, 1.54) is 0 Å². The molecule has 0 aliphatic rings. The second-order valence-electron chi connectivity index (χ2n) is 5.27. The quantitative estimate of drug-likeness (QED) is 0.854. The Hall–Kier alpha value is -2.37. The largest absolute Gasteiger partial charge is 0.338 e. The maximum atomic E-state index is 11.6. The molecule has 2 rings (SSSR count). The van der Waals surface area contributed by atoms with Gasteiger partial charge < -0.3 is 10.6 Å². The van der Waals surface area contributed by atoms with Crippen LogP contribution in [0.15, 0.2) is 36.8 Å². The number of aromatic nitrogens is 3. The molecule has 0 aromatic carbocycles. The van der Waals surface area contributed by atoms with Crippen LogP contribution in [0.2, 0.25) is 0 Å². The molecule has 0 saturated carbocycles. The average molecular weight is 287 g/mol. The number of amides is 2. The molecule has 2 heterocycles. The Morgan fingerprint density at radius 1 is 1.33 bits per heavy atom. The molecule has 0 radical (unpaired) electrons. The van der Waals surface area contributed by atoms with Crippen LogP contribution in [0.25, 0.3) is 5.82 Å². The van der Waals surface area contributed by atoms with Gasteiger partial charge in [-0.05, 0) is 30.0 Å². The first-order valence-electron chi connectivity index (χ1n) is 7.12. The Labute approximate surface area is 124 Å². The van der Waals surface area contributed by atoms with Gasteiger partial charge in [0, 0.05) is 31.7 Å². The SMILES string of the molecule is CC(C)CCNC(=O)NCc1ccc(-n2cccn2)nc1. The Morgan fingerprint density at radius 3 is 2.81 bits per heavy atom. The van der Waals surface area contributed by atoms with Gasteiger partial charge in [0.1, 0.15) is 0 Å². The third kappa shape index (κ3) is 4.91. The third-order valence-electron chi connectivity index (χ3n) is 3.01. The minimum Gasteiger partial charge on any atom is -0.338 e. The van der Waals surface area contributed by atoms with E-state index in [-0.39, 0.29) is 6.03 Å². The summed E-state index contributed by atoms with van der Waals surface area (Å²) in [5, 5.41) is 9.76. The summed E-state index contributed by atoms with van der Waals surface area (Å²) < 4.78 is 1.69. The maximum Gasteiger partial charge on any atom is 0.315 e. The summed E-state index contributed by atoms with van der Waals surface area (Å²) in [6.07, 6.45) is 6.26. The van der Waals surface area contributed by atoms with Crippen LogP contribution < -0.4 is 10.6 Å². The Kier molecular flexibility index (Phi) is 5.31. The molecule has 2 amide bonds. The monoisotopic (exact) mass is 287 g/mol. The lowest BCUT2D eigenvalue weighted by molar-refractivity contribution is 0.240. The molecule has 2 aromatic rings. The van der Waals surface area contributed by atoms with Crippen LogP contribution in [0.3, 0.4) is 0 Å². The lowest BCUT2D eigenvalue weighted by Crippen LogP contribution is -2.35. The molecule has 2 N–H and O–H groups in total. The zero-order valence-electron chi connectivity index (χ0n) is 12.4. The maximum absolute atomic E-state index is 11.6. The molecule has 112 valence electrons. The molecule has 0 unspecified atom stereocenters. The number of hydrogen-bond donors (Lipinski definition) is 2. The van der Waals surface area contributed by atoms with Gasteiger partial charge in [0.15, 0.2) is 5.82 Å². The smallest absolute Gasteiger partial charge is 0.315 e. The highest BCUT2D eigenvalue weighted by atomic mass is 16.2. The van der Waals surface area contributed by atoms with Crippen molar-refractivity contribution in [3.63, 3.8) is 0 Å². The fourth-order valence-electron chi connectivity index (χ4n) is 1.78. The number of pyridine rings is 1. The van der Waals surface area contributed by atoms with E-state index in [1.807, 2.05) is 24.4 Å². The molecule has 0 fully saturated rings. The number of carbonyl (C=O) groups excluding carboxylic acids is 1. The zero-order chi connectivity index (χ0) is 15.1. The van der Waals surface area contributed by atoms with Gasteiger partial charge in [-0.25, -0.2) is 14.5 Å². The van der Waals surface area contributed by atoms with Crippen molar-refractivity contribution < 1.29 is 4.79 Å². The second kappa shape index (κ2) is 7.42. The first-order valence-corrected chi connectivity index (χ1v) is 7.12. The standard InChI is InChI=1S/C15H21N5O/c1-12(2)6-8-16-15(21)18-11-13-4-5-14(17-10-13)20-9-3-7-19-20/h3-5,7,9-10,12H,6,8,11H2,1-2H3,(H2,16,18,21). The van der Waals surface area contributed by atoms with Crippen molar-refractivity contribution in [2.45, 2.75) is 26.8 Å². The molecule has 0 aliphatic heterocycles. The lowest BCUT2D eigenvalue weighted by atomic mass is 10.1. The summed E-state index contributed by atoms with van der Waals surface area (Å²) in [5.41, 5.74) is 0.949. The average Bonchev–Trinajstić information content (AvgIpc) is 2.99. The number of urea groups is 1. The predicted molar refractivity (Wildman–Crippen MR) is 81.1 cm³/mol. The minimum atomic E-state index is -0.146. The summed E-state index contributed by atoms with van der Waals surface area (Å²) >= 11 is 0. The van der Waals surface area contributed by atoms with Crippen molar-refractivity contribution >= 4 is 6.03 Å². The molecule has 0 spiro atoms. The van der Waals surface area contributed by atoms with E-state index in [9.17, 15) is 4.79 Å². The fourth-order valence-corrected chi connectivity index (χ4v) is 1.78. The van der Waals surface area contributed by atoms with Gasteiger partial charge in [-0.2, -0.15) is 5.10 Å². The van der Waals surface area contributed by atoms with Crippen LogP contribution in [0, 0.1) is 5.92 Å². The van der Waals surface area contributed by atoms with Gasteiger partial charge in [0.2, 0.25) is 0 Å². The number of carbonyl (C=O) groups is 1. The lowest BCUT2D eigenvalue weighted by Gasteiger charge is -2.09. The van der Waals surface area contributed by atoms with E-state index >= 15 is 0 Å². The molecule has 2 aromatic heterocycles. The van der Waals surface area contributed by atoms with Crippen LogP contribution in [0.5, 0.6) is 0 Å². The molecule has 0 bridgehead atoms. The highest BCUT2D eigenvalue weighted by Crippen LogP contribution is 2.04. The molecule has 6 nitrogen and oxygen atoms in total. The Balaban J connectivity index is 1.77. The normalized spacial score (nSPS) is 10.6. The zero-order valence-corrected chi connectivity index (χ0v) is 12.4. The van der Waals surface area contributed by atoms with E-state index in [4.69, 9.17) is 0 Å². The van der Waals surface area contributed by atoms with E-state index in [1.54, 1.807) is 17.1 Å². The van der Waals surface area contributed by atoms with Gasteiger partial charge in [-0.1, -0.05) is 19.9 Å². The van der Waals surface area contributed by atoms with Gasteiger partial charge in [0.05, 0.1) is 0 Å². The van der Waals surface area contributed by atoms with Gasteiger partial charge in [0.25, 0.3) is 0 Å². The van der Waals surface area contributed by atoms with Gasteiger partial charge in [-0.3, -0.25) is 0 Å². The molecule has 6 heteroatoms. The molecule has 0 saturated heterocycles. The first-order chi connectivity index (χ1) is 10.1. The molecule has 21 heavy (non-hydrogen) atoms. The summed E-state index contributed by atoms with van der Waals surface area (Å²) in [6.45, 7) is 5.42. The van der Waals surface area contributed by atoms with Crippen molar-refractivity contribution in [2.75, 3.05) is 6.54 Å². The minimum absolute atomic E-state index is 0.146. The van der Waals surface area contributed by atoms with Gasteiger partial charge >= 0.3 is 6.03 Å². The van der Waals surface area contributed by atoms with Crippen molar-refractivity contribution in [1.82, 2.24) is 25.4 Å². The van der Waals surface area contributed by atoms with Crippen molar-refractivity contribution in [2.24, 2.45) is 5.92 Å². The van der Waals surface area contributed by atoms with Crippen molar-refractivity contribution in [3.05, 3.63) is 42.4 Å². The molecule has 0 atom stereocenters. The summed E-state index contributed by atoms with van der Waals surface area (Å²) in [7, 11) is 0. The fraction of sp³-hybridized carbons (Fsp3) is 0.400. The summed E-state index contributed by atoms with van der Waals surface area (Å²) in [4.78, 5) is 15.9. The number of hydrogen-bond acceptors (Lipinski definition) is 3. The van der Waals surface area contributed by atoms with E-state index < -0.39 is 0 Å². The summed E-state index contributed by atoms with van der Waals surface area (Å²) in [6, 6.07) is 5.50. The van der Waals surface area contributed by atoms with Crippen LogP contribution in [0.4, 0.5) is 4.79 Å². The number of nitrogens with zero attached hydrogens (tertiary/aromatic N) is 3. The number of rotatable bonds is 6. The molecular formula is C15H21N5O. The van der Waals surface area contributed by atoms with Crippen LogP contribution in [0.1, 0.15) is 25.8 Å². The Bertz CT molecular complexity index is 548. The van der Waals surface area contributed by atoms with Crippen molar-refractivity contribution in [1.29, 1.82) is 0 Å². The van der Waals surface area contributed by atoms with Crippen LogP contribution >= 0.6 is 0 Å². The number of nitrogens with one attached hydrogen (secondary N) is 2. The molecular weight excluding hydrogens is 266 g/mol. The Morgan fingerprint density at radius 2 is 2.19 bits per heavy atom. The third-order valence-corrected chi connectivity index (χ3v) is 3.01. The van der Waals surface area contributed by atoms with E-state index in [0.29, 0.717) is 19.0 Å². The van der Waals surface area contributed by atoms with E-state index in [2.05, 4.69) is 34.6 Å². The summed E-state index contributed by atoms with van der Waals surface area (Å²) in [5.74, 6) is 1.34. The topological polar surface area (TPSA) is 71.8 Å². The molecule has 0 aliphatic carbocycles. The van der Waals surface area contributed by atoms with Crippen molar-refractivity contribution in [3.8, 4) is 5.82 Å². The highest BCUT2D eigenvalue weighted by Gasteiger charge is 2.02. The highest BCUT2D eigenvalue weighted by molar-refractivity contribution is 5.73. The predicted octanol–water partition coefficient (Wildman–Crippen LogP) is 2.11. The van der Waals surface area contributed by atoms with Crippen LogP contribution in [-0.4, -0.2) is 27.3 Å². The second-order valence-corrected chi connectivity index (χ2v) is 5.27. The van der Waals surface area contributed by atoms with E-state index in [0.717, 1.165) is 17.8 Å².